The topological polar surface area (TPSA) is 240 Å². The van der Waals surface area contributed by atoms with E-state index in [1.54, 1.807) is 42.5 Å². The smallest absolute Gasteiger partial charge is 0.326 e. The van der Waals surface area contributed by atoms with Crippen LogP contribution in [0.1, 0.15) is 24.0 Å². The maximum Gasteiger partial charge on any atom is 0.326 e. The predicted octanol–water partition coefficient (Wildman–Crippen LogP) is -2.23. The fourth-order valence-electron chi connectivity index (χ4n) is 4.77. The number of carboxylic acids is 1. The standard InChI is InChI=1S/C30H38N6O9/c31-21(13-19-8-10-20(38)11-9-19)27(41)33-15-25(39)32-16-26(40)34-22(14-18-5-2-1-3-6-18)28(42)35-23(17-37)29(43)36-12-4-7-24(36)30(44)45/h1-3,5-6,8-11,21-24,37-38H,4,7,12-17,31H2,(H,32,39)(H,33,41)(H,34,40)(H,35,42)(H,44,45)/t21-,22-,23-,24-/m0/s1. The van der Waals surface area contributed by atoms with E-state index in [4.69, 9.17) is 5.73 Å². The summed E-state index contributed by atoms with van der Waals surface area (Å²) in [6.45, 7) is -1.63. The van der Waals surface area contributed by atoms with Crippen LogP contribution in [0.3, 0.4) is 0 Å². The Kier molecular flexibility index (Phi) is 12.8. The normalized spacial score (nSPS) is 16.1. The molecule has 3 rings (SSSR count). The molecule has 0 spiro atoms. The second kappa shape index (κ2) is 16.7. The molecule has 0 aliphatic carbocycles. The van der Waals surface area contributed by atoms with Gasteiger partial charge in [0, 0.05) is 13.0 Å². The molecule has 1 heterocycles. The average Bonchev–Trinajstić information content (AvgIpc) is 3.53. The quantitative estimate of drug-likeness (QED) is 0.106. The van der Waals surface area contributed by atoms with E-state index in [-0.39, 0.29) is 31.6 Å². The lowest BCUT2D eigenvalue weighted by Crippen LogP contribution is -2.58. The molecule has 0 unspecified atom stereocenters. The van der Waals surface area contributed by atoms with Crippen molar-refractivity contribution < 1.29 is 44.1 Å². The number of hydrogen-bond donors (Lipinski definition) is 8. The first-order valence-corrected chi connectivity index (χ1v) is 14.3. The summed E-state index contributed by atoms with van der Waals surface area (Å²) in [6, 6.07) is 10.1. The highest BCUT2D eigenvalue weighted by atomic mass is 16.4. The van der Waals surface area contributed by atoms with Gasteiger partial charge in [0.1, 0.15) is 23.9 Å². The number of hydrogen-bond acceptors (Lipinski definition) is 9. The van der Waals surface area contributed by atoms with Gasteiger partial charge < -0.3 is 47.2 Å². The number of benzene rings is 2. The summed E-state index contributed by atoms with van der Waals surface area (Å²) < 4.78 is 0. The van der Waals surface area contributed by atoms with Crippen molar-refractivity contribution in [2.45, 2.75) is 49.9 Å². The molecule has 5 amide bonds. The van der Waals surface area contributed by atoms with Crippen LogP contribution in [0, 0.1) is 0 Å². The SMILES string of the molecule is N[C@@H](Cc1ccc(O)cc1)C(=O)NCC(=O)NCC(=O)N[C@@H](Cc1ccccc1)C(=O)N[C@@H](CO)C(=O)N1CCC[C@H]1C(=O)O. The summed E-state index contributed by atoms with van der Waals surface area (Å²) in [5.74, 6) is -4.70. The minimum Gasteiger partial charge on any atom is -0.508 e. The Morgan fingerprint density at radius 2 is 1.47 bits per heavy atom. The van der Waals surface area contributed by atoms with Gasteiger partial charge in [-0.05, 0) is 42.5 Å². The molecule has 4 atom stereocenters. The van der Waals surface area contributed by atoms with Crippen LogP contribution in [0.2, 0.25) is 0 Å². The van der Waals surface area contributed by atoms with Crippen molar-refractivity contribution in [1.29, 1.82) is 0 Å². The number of aliphatic carboxylic acids is 1. The molecule has 0 aromatic heterocycles. The second-order valence-electron chi connectivity index (χ2n) is 10.6. The Bertz CT molecular complexity index is 1360. The second-order valence-corrected chi connectivity index (χ2v) is 10.6. The lowest BCUT2D eigenvalue weighted by atomic mass is 10.0. The molecule has 2 aromatic carbocycles. The number of nitrogens with two attached hydrogens (primary N) is 1. The number of phenols is 1. The van der Waals surface area contributed by atoms with E-state index in [0.29, 0.717) is 17.5 Å². The van der Waals surface area contributed by atoms with Crippen molar-refractivity contribution in [2.75, 3.05) is 26.2 Å². The molecule has 2 aromatic rings. The van der Waals surface area contributed by atoms with E-state index in [9.17, 15) is 44.1 Å². The van der Waals surface area contributed by atoms with Crippen molar-refractivity contribution in [3.63, 3.8) is 0 Å². The van der Waals surface area contributed by atoms with Crippen LogP contribution in [-0.2, 0) is 41.6 Å². The molecule has 15 nitrogen and oxygen atoms in total. The largest absolute Gasteiger partial charge is 0.508 e. The maximum atomic E-state index is 13.2. The third kappa shape index (κ3) is 10.6. The number of rotatable bonds is 15. The van der Waals surface area contributed by atoms with E-state index in [0.717, 1.165) is 4.90 Å². The molecule has 15 heteroatoms. The number of amides is 5. The number of aliphatic hydroxyl groups excluding tert-OH is 1. The molecular formula is C30H38N6O9. The molecule has 1 aliphatic rings. The molecule has 242 valence electrons. The maximum absolute atomic E-state index is 13.2. The van der Waals surface area contributed by atoms with Crippen molar-refractivity contribution in [1.82, 2.24) is 26.2 Å². The van der Waals surface area contributed by atoms with Gasteiger partial charge >= 0.3 is 5.97 Å². The third-order valence-corrected chi connectivity index (χ3v) is 7.15. The lowest BCUT2D eigenvalue weighted by molar-refractivity contribution is -0.150. The Balaban J connectivity index is 1.54. The fraction of sp³-hybridized carbons (Fsp3) is 0.400. The first-order valence-electron chi connectivity index (χ1n) is 14.3. The summed E-state index contributed by atoms with van der Waals surface area (Å²) in [5, 5.41) is 38.2. The number of nitrogens with one attached hydrogen (secondary N) is 4. The summed E-state index contributed by atoms with van der Waals surface area (Å²) in [6.07, 6.45) is 0.891. The number of carboxylic acid groups (broad SMARTS) is 1. The summed E-state index contributed by atoms with van der Waals surface area (Å²) >= 11 is 0. The summed E-state index contributed by atoms with van der Waals surface area (Å²) in [4.78, 5) is 76.1. The lowest BCUT2D eigenvalue weighted by Gasteiger charge is -2.27. The third-order valence-electron chi connectivity index (χ3n) is 7.15. The van der Waals surface area contributed by atoms with Gasteiger partial charge in [0.15, 0.2) is 0 Å². The first-order chi connectivity index (χ1) is 21.5. The number of aromatic hydroxyl groups is 1. The van der Waals surface area contributed by atoms with E-state index in [2.05, 4.69) is 21.3 Å². The van der Waals surface area contributed by atoms with E-state index >= 15 is 0 Å². The van der Waals surface area contributed by atoms with E-state index < -0.39 is 79.4 Å². The van der Waals surface area contributed by atoms with Crippen LogP contribution in [-0.4, -0.2) is 106 Å². The van der Waals surface area contributed by atoms with Gasteiger partial charge in [0.2, 0.25) is 29.5 Å². The Morgan fingerprint density at radius 1 is 0.822 bits per heavy atom. The van der Waals surface area contributed by atoms with Crippen LogP contribution in [0.5, 0.6) is 5.75 Å². The molecule has 9 N–H and O–H groups in total. The fourth-order valence-corrected chi connectivity index (χ4v) is 4.77. The van der Waals surface area contributed by atoms with Crippen LogP contribution in [0.15, 0.2) is 54.6 Å². The monoisotopic (exact) mass is 626 g/mol. The van der Waals surface area contributed by atoms with Crippen molar-refractivity contribution in [3.8, 4) is 5.75 Å². The summed E-state index contributed by atoms with van der Waals surface area (Å²) in [5.41, 5.74) is 7.27. The Labute approximate surface area is 259 Å². The van der Waals surface area contributed by atoms with Crippen molar-refractivity contribution >= 4 is 35.5 Å². The van der Waals surface area contributed by atoms with Crippen molar-refractivity contribution in [3.05, 3.63) is 65.7 Å². The van der Waals surface area contributed by atoms with Gasteiger partial charge in [-0.2, -0.15) is 0 Å². The number of nitrogens with zero attached hydrogens (tertiary/aromatic N) is 1. The van der Waals surface area contributed by atoms with Gasteiger partial charge in [0.05, 0.1) is 25.7 Å². The minimum absolute atomic E-state index is 0.00907. The molecule has 1 saturated heterocycles. The number of carbonyl (C=O) groups is 6. The van der Waals surface area contributed by atoms with Gasteiger partial charge in [-0.1, -0.05) is 42.5 Å². The molecular weight excluding hydrogens is 588 g/mol. The molecule has 0 radical (unpaired) electrons. The van der Waals surface area contributed by atoms with Crippen LogP contribution in [0.25, 0.3) is 0 Å². The number of phenolic OH excluding ortho intramolecular Hbond substituents is 1. The van der Waals surface area contributed by atoms with Gasteiger partial charge in [-0.25, -0.2) is 4.79 Å². The zero-order valence-electron chi connectivity index (χ0n) is 24.5. The Hall–Kier alpha value is -5.02. The number of carbonyl (C=O) groups excluding carboxylic acids is 5. The highest BCUT2D eigenvalue weighted by Gasteiger charge is 2.38. The molecule has 1 aliphatic heterocycles. The van der Waals surface area contributed by atoms with E-state index in [1.165, 1.54) is 12.1 Å². The molecule has 0 bridgehead atoms. The van der Waals surface area contributed by atoms with Crippen molar-refractivity contribution in [2.24, 2.45) is 5.73 Å². The first kappa shape index (κ1) is 34.5. The zero-order valence-corrected chi connectivity index (χ0v) is 24.5. The summed E-state index contributed by atoms with van der Waals surface area (Å²) in [7, 11) is 0. The number of aliphatic hydroxyl groups is 1. The highest BCUT2D eigenvalue weighted by molar-refractivity contribution is 5.95. The molecule has 45 heavy (non-hydrogen) atoms. The predicted molar refractivity (Wildman–Crippen MR) is 159 cm³/mol. The van der Waals surface area contributed by atoms with Gasteiger partial charge in [-0.3, -0.25) is 24.0 Å². The van der Waals surface area contributed by atoms with Crippen LogP contribution >= 0.6 is 0 Å². The van der Waals surface area contributed by atoms with Gasteiger partial charge in [-0.15, -0.1) is 0 Å². The van der Waals surface area contributed by atoms with Gasteiger partial charge in [0.25, 0.3) is 0 Å². The average molecular weight is 627 g/mol. The molecule has 1 fully saturated rings. The zero-order chi connectivity index (χ0) is 32.9. The van der Waals surface area contributed by atoms with E-state index in [1.807, 2.05) is 0 Å². The highest BCUT2D eigenvalue weighted by Crippen LogP contribution is 2.18. The van der Waals surface area contributed by atoms with Crippen LogP contribution in [0.4, 0.5) is 0 Å². The Morgan fingerprint density at radius 3 is 2.11 bits per heavy atom. The minimum atomic E-state index is -1.43. The molecule has 0 saturated carbocycles. The number of likely N-dealkylation sites (tertiary alicyclic amines) is 1. The van der Waals surface area contributed by atoms with Crippen LogP contribution < -0.4 is 27.0 Å².